The number of carbonyl (C=O) groups is 1. The smallest absolute Gasteiger partial charge is 0.301 e. The third kappa shape index (κ3) is 4.99. The molecule has 6 aromatic carbocycles. The van der Waals surface area contributed by atoms with Crippen molar-refractivity contribution in [2.24, 2.45) is 0 Å². The molecule has 0 heterocycles. The van der Waals surface area contributed by atoms with E-state index in [4.69, 9.17) is 0 Å². The lowest BCUT2D eigenvalue weighted by Crippen LogP contribution is -2.37. The summed E-state index contributed by atoms with van der Waals surface area (Å²) >= 11 is 0. The number of sulfone groups is 1. The van der Waals surface area contributed by atoms with Crippen molar-refractivity contribution in [1.82, 2.24) is 0 Å². The lowest BCUT2D eigenvalue weighted by Gasteiger charge is -2.37. The first-order valence-corrected chi connectivity index (χ1v) is 17.0. The van der Waals surface area contributed by atoms with E-state index in [0.717, 1.165) is 35.6 Å². The third-order valence-corrected chi connectivity index (χ3v) is 11.0. The van der Waals surface area contributed by atoms with Gasteiger partial charge in [0.05, 0.1) is 10.9 Å². The van der Waals surface area contributed by atoms with Gasteiger partial charge in [0.25, 0.3) is 5.91 Å². The summed E-state index contributed by atoms with van der Waals surface area (Å²) in [7, 11) is -4.18. The van der Waals surface area contributed by atoms with Crippen molar-refractivity contribution in [3.8, 4) is 0 Å². The summed E-state index contributed by atoms with van der Waals surface area (Å²) in [6, 6.07) is 33.5. The largest absolute Gasteiger partial charge is 0.305 e. The van der Waals surface area contributed by atoms with Crippen LogP contribution in [-0.2, 0) is 16.3 Å². The summed E-state index contributed by atoms with van der Waals surface area (Å²) in [5.41, 5.74) is 4.14. The Morgan fingerprint density at radius 2 is 1.43 bits per heavy atom. The Morgan fingerprint density at radius 1 is 0.804 bits per heavy atom. The molecule has 0 saturated carbocycles. The maximum absolute atomic E-state index is 14.9. The SMILES string of the molecule is Cc1cc(N(C(=O)c2cccc3ccccc23)C2CCCc3c2ccc2c3ccc3ccccc32)cc(C)c1S(=O)(=O)C[N+](=O)[O-]. The van der Waals surface area contributed by atoms with Crippen molar-refractivity contribution in [2.45, 2.75) is 44.0 Å². The molecule has 46 heavy (non-hydrogen) atoms. The third-order valence-electron chi connectivity index (χ3n) is 9.20. The Labute approximate surface area is 267 Å². The highest BCUT2D eigenvalue weighted by molar-refractivity contribution is 7.91. The Kier molecular flexibility index (Phi) is 7.32. The molecule has 6 aromatic rings. The summed E-state index contributed by atoms with van der Waals surface area (Å²) in [6.45, 7) is 3.27. The normalized spacial score (nSPS) is 14.8. The van der Waals surface area contributed by atoms with Crippen molar-refractivity contribution < 1.29 is 18.1 Å². The first-order valence-electron chi connectivity index (χ1n) is 15.3. The van der Waals surface area contributed by atoms with Crippen LogP contribution in [0, 0.1) is 24.0 Å². The van der Waals surface area contributed by atoms with E-state index in [2.05, 4.69) is 42.5 Å². The summed E-state index contributed by atoms with van der Waals surface area (Å²) in [5, 5.41) is 17.7. The number of benzene rings is 6. The maximum atomic E-state index is 14.9. The number of fused-ring (bicyclic) bond motifs is 6. The molecule has 230 valence electrons. The Bertz CT molecular complexity index is 2300. The quantitative estimate of drug-likeness (QED) is 0.105. The summed E-state index contributed by atoms with van der Waals surface area (Å²) in [4.78, 5) is 27.0. The zero-order chi connectivity index (χ0) is 32.2. The predicted octanol–water partition coefficient (Wildman–Crippen LogP) is 8.50. The summed E-state index contributed by atoms with van der Waals surface area (Å²) in [6.07, 6.45) is 2.48. The van der Waals surface area contributed by atoms with Gasteiger partial charge in [0.2, 0.25) is 9.84 Å². The highest BCUT2D eigenvalue weighted by atomic mass is 32.2. The standard InChI is InChI=1S/C38H32N2O5S/c1-24-21-28(22-25(2)37(24)46(44,45)23-39(42)43)40(38(41)35-15-7-11-26-9-3-6-13-30(26)35)36-16-8-14-31-33-18-17-27-10-4-5-12-29(27)32(33)19-20-34(31)36/h3-7,9-13,15,17-22,36H,8,14,16,23H2,1-2H3. The van der Waals surface area contributed by atoms with E-state index in [-0.39, 0.29) is 16.8 Å². The van der Waals surface area contributed by atoms with E-state index in [1.807, 2.05) is 53.4 Å². The monoisotopic (exact) mass is 628 g/mol. The van der Waals surface area contributed by atoms with Crippen molar-refractivity contribution >= 4 is 53.7 Å². The highest BCUT2D eigenvalue weighted by Crippen LogP contribution is 2.43. The van der Waals surface area contributed by atoms with Crippen LogP contribution >= 0.6 is 0 Å². The van der Waals surface area contributed by atoms with E-state index in [9.17, 15) is 23.3 Å². The Morgan fingerprint density at radius 3 is 2.15 bits per heavy atom. The molecule has 0 fully saturated rings. The molecule has 1 aliphatic rings. The predicted molar refractivity (Wildman–Crippen MR) is 183 cm³/mol. The van der Waals surface area contributed by atoms with Gasteiger partial charge in [-0.05, 0) is 106 Å². The minimum absolute atomic E-state index is 0.0626. The molecule has 0 bridgehead atoms. The van der Waals surface area contributed by atoms with Crippen LogP contribution in [0.5, 0.6) is 0 Å². The van der Waals surface area contributed by atoms with Crippen LogP contribution in [0.3, 0.4) is 0 Å². The molecule has 0 saturated heterocycles. The molecule has 1 unspecified atom stereocenters. The highest BCUT2D eigenvalue weighted by Gasteiger charge is 2.34. The van der Waals surface area contributed by atoms with E-state index in [0.29, 0.717) is 22.4 Å². The van der Waals surface area contributed by atoms with Crippen LogP contribution in [0.2, 0.25) is 0 Å². The molecule has 1 aliphatic carbocycles. The van der Waals surface area contributed by atoms with Gasteiger partial charge in [-0.1, -0.05) is 84.9 Å². The number of rotatable bonds is 6. The van der Waals surface area contributed by atoms with Crippen LogP contribution in [0.25, 0.3) is 32.3 Å². The fourth-order valence-electron chi connectivity index (χ4n) is 7.40. The first-order chi connectivity index (χ1) is 22.1. The van der Waals surface area contributed by atoms with Gasteiger partial charge >= 0.3 is 5.88 Å². The molecule has 0 aliphatic heterocycles. The second-order valence-corrected chi connectivity index (χ2v) is 14.0. The molecular weight excluding hydrogens is 596 g/mol. The fraction of sp³-hybridized carbons (Fsp3) is 0.184. The van der Waals surface area contributed by atoms with E-state index in [1.54, 1.807) is 26.0 Å². The van der Waals surface area contributed by atoms with Crippen molar-refractivity contribution in [3.63, 3.8) is 0 Å². The van der Waals surface area contributed by atoms with Crippen LogP contribution in [0.4, 0.5) is 5.69 Å². The molecular formula is C38H32N2O5S. The number of nitrogens with zero attached hydrogens (tertiary/aromatic N) is 2. The van der Waals surface area contributed by atoms with Gasteiger partial charge in [0.15, 0.2) is 0 Å². The molecule has 0 N–H and O–H groups in total. The average molecular weight is 629 g/mol. The van der Waals surface area contributed by atoms with Gasteiger partial charge in [-0.3, -0.25) is 14.9 Å². The van der Waals surface area contributed by atoms with E-state index in [1.165, 1.54) is 27.1 Å². The molecule has 0 spiro atoms. The van der Waals surface area contributed by atoms with E-state index >= 15 is 0 Å². The van der Waals surface area contributed by atoms with Crippen molar-refractivity contribution in [3.05, 3.63) is 141 Å². The zero-order valence-corrected chi connectivity index (χ0v) is 26.4. The van der Waals surface area contributed by atoms with E-state index < -0.39 is 20.6 Å². The Balaban J connectivity index is 1.44. The van der Waals surface area contributed by atoms with Gasteiger partial charge in [-0.2, -0.15) is 0 Å². The van der Waals surface area contributed by atoms with Crippen molar-refractivity contribution in [1.29, 1.82) is 0 Å². The van der Waals surface area contributed by atoms with Crippen molar-refractivity contribution in [2.75, 3.05) is 10.8 Å². The Hall–Kier alpha value is -5.08. The zero-order valence-electron chi connectivity index (χ0n) is 25.6. The summed E-state index contributed by atoms with van der Waals surface area (Å²) in [5.74, 6) is -1.38. The average Bonchev–Trinajstić information content (AvgIpc) is 3.03. The number of hydrogen-bond acceptors (Lipinski definition) is 5. The fourth-order valence-corrected chi connectivity index (χ4v) is 8.90. The van der Waals surface area contributed by atoms with Crippen LogP contribution in [-0.4, -0.2) is 25.1 Å². The number of hydrogen-bond donors (Lipinski definition) is 0. The van der Waals surface area contributed by atoms with Crippen LogP contribution < -0.4 is 4.90 Å². The molecule has 0 aromatic heterocycles. The lowest BCUT2D eigenvalue weighted by atomic mass is 9.82. The van der Waals surface area contributed by atoms with Gasteiger partial charge in [-0.25, -0.2) is 8.42 Å². The second-order valence-electron chi connectivity index (χ2n) is 12.1. The number of amides is 1. The molecule has 1 atom stereocenters. The van der Waals surface area contributed by atoms with Gasteiger partial charge < -0.3 is 4.90 Å². The van der Waals surface area contributed by atoms with Gasteiger partial charge in [0, 0.05) is 16.2 Å². The van der Waals surface area contributed by atoms with Gasteiger partial charge in [0.1, 0.15) is 0 Å². The van der Waals surface area contributed by atoms with Crippen LogP contribution in [0.15, 0.2) is 108 Å². The first kappa shape index (κ1) is 29.6. The summed E-state index contributed by atoms with van der Waals surface area (Å²) < 4.78 is 26.1. The minimum atomic E-state index is -4.18. The topological polar surface area (TPSA) is 97.6 Å². The second kappa shape index (κ2) is 11.4. The number of anilines is 1. The lowest BCUT2D eigenvalue weighted by molar-refractivity contribution is -0.458. The molecule has 0 radical (unpaired) electrons. The molecule has 1 amide bonds. The molecule has 7 rings (SSSR count). The minimum Gasteiger partial charge on any atom is -0.301 e. The molecule has 7 nitrogen and oxygen atoms in total. The van der Waals surface area contributed by atoms with Crippen LogP contribution in [0.1, 0.15) is 51.5 Å². The number of aryl methyl sites for hydroxylation is 3. The molecule has 8 heteroatoms. The number of carbonyl (C=O) groups excluding carboxylic acids is 1. The maximum Gasteiger partial charge on any atom is 0.305 e. The van der Waals surface area contributed by atoms with Gasteiger partial charge in [-0.15, -0.1) is 0 Å². The number of nitro groups is 1.